The van der Waals surface area contributed by atoms with E-state index in [4.69, 9.17) is 4.74 Å². The number of benzene rings is 2. The predicted molar refractivity (Wildman–Crippen MR) is 107 cm³/mol. The first-order valence-corrected chi connectivity index (χ1v) is 9.40. The number of hydrogen-bond donors (Lipinski definition) is 0. The molecule has 0 N–H and O–H groups in total. The van der Waals surface area contributed by atoms with E-state index in [1.165, 1.54) is 35.3 Å². The van der Waals surface area contributed by atoms with E-state index < -0.39 is 5.97 Å². The molecule has 142 valence electrons. The zero-order chi connectivity index (χ0) is 20.1. The molecule has 7 heteroatoms. The van der Waals surface area contributed by atoms with Crippen molar-refractivity contribution >= 4 is 40.3 Å². The summed E-state index contributed by atoms with van der Waals surface area (Å²) in [4.78, 5) is 40.9. The Morgan fingerprint density at radius 1 is 1.18 bits per heavy atom. The van der Waals surface area contributed by atoms with Crippen LogP contribution in [0.5, 0.6) is 0 Å². The molecule has 28 heavy (non-hydrogen) atoms. The van der Waals surface area contributed by atoms with Gasteiger partial charge in [-0.2, -0.15) is 0 Å². The largest absolute Gasteiger partial charge is 0.456 e. The second-order valence-electron chi connectivity index (χ2n) is 6.13. The average molecular weight is 394 g/mol. The number of aryl methyl sites for hydroxylation is 1. The van der Waals surface area contributed by atoms with Crippen LogP contribution in [0.1, 0.15) is 38.9 Å². The molecule has 0 bridgehead atoms. The van der Waals surface area contributed by atoms with Crippen molar-refractivity contribution in [2.24, 2.45) is 0 Å². The molecule has 0 spiro atoms. The van der Waals surface area contributed by atoms with Crippen LogP contribution in [0, 0.1) is 6.92 Å². The molecule has 0 radical (unpaired) electrons. The van der Waals surface area contributed by atoms with E-state index >= 15 is 0 Å². The molecule has 0 fully saturated rings. The lowest BCUT2D eigenvalue weighted by atomic mass is 10.1. The van der Waals surface area contributed by atoms with Crippen LogP contribution in [-0.2, 0) is 16.1 Å². The van der Waals surface area contributed by atoms with E-state index in [9.17, 15) is 14.4 Å². The fraction of sp³-hybridized carbons (Fsp3) is 0.143. The van der Waals surface area contributed by atoms with Crippen LogP contribution in [0.4, 0.5) is 10.8 Å². The number of aldehydes is 1. The molecule has 6 nitrogen and oxygen atoms in total. The Balaban J connectivity index is 1.71. The van der Waals surface area contributed by atoms with Gasteiger partial charge in [-0.05, 0) is 36.8 Å². The number of anilines is 2. The van der Waals surface area contributed by atoms with Crippen LogP contribution >= 0.6 is 11.3 Å². The number of nitrogens with zero attached hydrogens (tertiary/aromatic N) is 2. The smallest absolute Gasteiger partial charge is 0.338 e. The highest BCUT2D eigenvalue weighted by Gasteiger charge is 2.18. The number of carbonyl (C=O) groups is 3. The first-order valence-electron chi connectivity index (χ1n) is 8.52. The standard InChI is InChI=1S/C21H18N2O4S/c1-14-4-3-5-19(10-14)23(15(2)25)21-22-18(13-28-21)12-27-20(26)17-8-6-16(11-24)7-9-17/h3-11,13H,12H2,1-2H3. The highest BCUT2D eigenvalue weighted by Crippen LogP contribution is 2.29. The third-order valence-corrected chi connectivity index (χ3v) is 4.81. The third-order valence-electron chi connectivity index (χ3n) is 3.94. The van der Waals surface area contributed by atoms with Gasteiger partial charge in [0.2, 0.25) is 5.91 Å². The van der Waals surface area contributed by atoms with Gasteiger partial charge in [-0.1, -0.05) is 24.3 Å². The zero-order valence-corrected chi connectivity index (χ0v) is 16.2. The molecular weight excluding hydrogens is 376 g/mol. The molecule has 3 aromatic rings. The summed E-state index contributed by atoms with van der Waals surface area (Å²) in [7, 11) is 0. The second kappa shape index (κ2) is 8.58. The maximum atomic E-state index is 12.2. The Morgan fingerprint density at radius 3 is 2.57 bits per heavy atom. The number of amides is 1. The Labute approximate surface area is 166 Å². The Bertz CT molecular complexity index is 1010. The van der Waals surface area contributed by atoms with Gasteiger partial charge in [0.05, 0.1) is 16.9 Å². The van der Waals surface area contributed by atoms with E-state index in [1.807, 2.05) is 31.2 Å². The summed E-state index contributed by atoms with van der Waals surface area (Å²) in [6.45, 7) is 3.42. The lowest BCUT2D eigenvalue weighted by molar-refractivity contribution is -0.115. The summed E-state index contributed by atoms with van der Waals surface area (Å²) in [5.41, 5.74) is 3.17. The summed E-state index contributed by atoms with van der Waals surface area (Å²) in [5.74, 6) is -0.659. The number of ether oxygens (including phenoxy) is 1. The van der Waals surface area contributed by atoms with E-state index in [0.29, 0.717) is 28.2 Å². The predicted octanol–water partition coefficient (Wildman–Crippen LogP) is 4.31. The van der Waals surface area contributed by atoms with Crippen molar-refractivity contribution in [1.29, 1.82) is 0 Å². The SMILES string of the molecule is CC(=O)N(c1cccc(C)c1)c1nc(COC(=O)c2ccc(C=O)cc2)cs1. The molecule has 0 atom stereocenters. The highest BCUT2D eigenvalue weighted by atomic mass is 32.1. The monoisotopic (exact) mass is 394 g/mol. The molecule has 1 heterocycles. The van der Waals surface area contributed by atoms with Gasteiger partial charge in [0.25, 0.3) is 0 Å². The highest BCUT2D eigenvalue weighted by molar-refractivity contribution is 7.14. The maximum absolute atomic E-state index is 12.2. The average Bonchev–Trinajstić information content (AvgIpc) is 3.14. The van der Waals surface area contributed by atoms with Crippen molar-refractivity contribution < 1.29 is 19.1 Å². The third kappa shape index (κ3) is 4.50. The normalized spacial score (nSPS) is 10.4. The minimum Gasteiger partial charge on any atom is -0.456 e. The summed E-state index contributed by atoms with van der Waals surface area (Å²) >= 11 is 1.30. The number of thiazole rings is 1. The molecule has 0 aliphatic carbocycles. The van der Waals surface area contributed by atoms with Gasteiger partial charge < -0.3 is 4.74 Å². The van der Waals surface area contributed by atoms with E-state index in [1.54, 1.807) is 17.5 Å². The first-order chi connectivity index (χ1) is 13.5. The van der Waals surface area contributed by atoms with Crippen molar-refractivity contribution in [3.8, 4) is 0 Å². The fourth-order valence-corrected chi connectivity index (χ4v) is 3.45. The summed E-state index contributed by atoms with van der Waals surface area (Å²) in [5, 5.41) is 2.27. The van der Waals surface area contributed by atoms with Crippen LogP contribution in [0.15, 0.2) is 53.9 Å². The zero-order valence-electron chi connectivity index (χ0n) is 15.4. The molecule has 0 aliphatic rings. The summed E-state index contributed by atoms with van der Waals surface area (Å²) in [6.07, 6.45) is 0.709. The molecule has 2 aromatic carbocycles. The van der Waals surface area contributed by atoms with Crippen LogP contribution in [0.3, 0.4) is 0 Å². The quantitative estimate of drug-likeness (QED) is 0.460. The molecule has 1 amide bonds. The van der Waals surface area contributed by atoms with Gasteiger partial charge >= 0.3 is 5.97 Å². The van der Waals surface area contributed by atoms with E-state index in [2.05, 4.69) is 4.98 Å². The Morgan fingerprint density at radius 2 is 1.93 bits per heavy atom. The number of rotatable bonds is 6. The minimum absolute atomic E-state index is 0.00960. The van der Waals surface area contributed by atoms with Gasteiger partial charge in [0.1, 0.15) is 12.9 Å². The molecule has 0 aliphatic heterocycles. The molecular formula is C21H18N2O4S. The van der Waals surface area contributed by atoms with Gasteiger partial charge in [-0.15, -0.1) is 11.3 Å². The Kier molecular flexibility index (Phi) is 5.96. The fourth-order valence-electron chi connectivity index (χ4n) is 2.58. The topological polar surface area (TPSA) is 76.6 Å². The number of esters is 1. The molecule has 1 aromatic heterocycles. The van der Waals surface area contributed by atoms with E-state index in [-0.39, 0.29) is 12.5 Å². The molecule has 0 unspecified atom stereocenters. The van der Waals surface area contributed by atoms with Crippen LogP contribution in [0.25, 0.3) is 0 Å². The van der Waals surface area contributed by atoms with Crippen LogP contribution < -0.4 is 4.90 Å². The summed E-state index contributed by atoms with van der Waals surface area (Å²) < 4.78 is 5.28. The first kappa shape index (κ1) is 19.4. The van der Waals surface area contributed by atoms with E-state index in [0.717, 1.165) is 11.3 Å². The van der Waals surface area contributed by atoms with Crippen molar-refractivity contribution in [3.63, 3.8) is 0 Å². The summed E-state index contributed by atoms with van der Waals surface area (Å²) in [6, 6.07) is 13.8. The number of hydrogen-bond acceptors (Lipinski definition) is 6. The van der Waals surface area contributed by atoms with Gasteiger partial charge in [0.15, 0.2) is 5.13 Å². The van der Waals surface area contributed by atoms with Crippen LogP contribution in [0.2, 0.25) is 0 Å². The minimum atomic E-state index is -0.505. The number of carbonyl (C=O) groups excluding carboxylic acids is 3. The number of aromatic nitrogens is 1. The molecule has 0 saturated carbocycles. The van der Waals surface area contributed by atoms with Crippen LogP contribution in [-0.4, -0.2) is 23.1 Å². The lowest BCUT2D eigenvalue weighted by Gasteiger charge is -2.18. The lowest BCUT2D eigenvalue weighted by Crippen LogP contribution is -2.22. The van der Waals surface area contributed by atoms with Gasteiger partial charge in [-0.3, -0.25) is 14.5 Å². The van der Waals surface area contributed by atoms with Crippen molar-refractivity contribution in [2.75, 3.05) is 4.90 Å². The van der Waals surface area contributed by atoms with Crippen molar-refractivity contribution in [2.45, 2.75) is 20.5 Å². The van der Waals surface area contributed by atoms with Crippen molar-refractivity contribution in [1.82, 2.24) is 4.98 Å². The Hall–Kier alpha value is -3.32. The maximum Gasteiger partial charge on any atom is 0.338 e. The van der Waals surface area contributed by atoms with Gasteiger partial charge in [0, 0.05) is 17.9 Å². The molecule has 3 rings (SSSR count). The second-order valence-corrected chi connectivity index (χ2v) is 6.97. The van der Waals surface area contributed by atoms with Gasteiger partial charge in [-0.25, -0.2) is 9.78 Å². The molecule has 0 saturated heterocycles. The van der Waals surface area contributed by atoms with Crippen molar-refractivity contribution in [3.05, 3.63) is 76.3 Å².